The first-order valence-electron chi connectivity index (χ1n) is 8.12. The van der Waals surface area contributed by atoms with Crippen molar-refractivity contribution in [1.82, 2.24) is 9.80 Å². The molecule has 1 fully saturated rings. The van der Waals surface area contributed by atoms with Gasteiger partial charge in [0.15, 0.2) is 0 Å². The number of hydrogen-bond acceptors (Lipinski definition) is 2. The molecule has 3 rings (SSSR count). The van der Waals surface area contributed by atoms with Gasteiger partial charge < -0.3 is 9.80 Å². The largest absolute Gasteiger partial charge is 0.304 e. The highest BCUT2D eigenvalue weighted by atomic mass is 15.2. The van der Waals surface area contributed by atoms with E-state index in [4.69, 9.17) is 0 Å². The van der Waals surface area contributed by atoms with Crippen LogP contribution in [-0.2, 0) is 6.42 Å². The molecule has 0 radical (unpaired) electrons. The van der Waals surface area contributed by atoms with Crippen molar-refractivity contribution >= 4 is 10.8 Å². The Morgan fingerprint density at radius 1 is 0.905 bits per heavy atom. The van der Waals surface area contributed by atoms with Crippen LogP contribution >= 0.6 is 0 Å². The Kier molecular flexibility index (Phi) is 4.57. The summed E-state index contributed by atoms with van der Waals surface area (Å²) in [5.74, 6) is 0. The van der Waals surface area contributed by atoms with Gasteiger partial charge in [-0.2, -0.15) is 0 Å². The number of piperazine rings is 1. The first kappa shape index (κ1) is 14.6. The lowest BCUT2D eigenvalue weighted by atomic mass is 9.97. The second-order valence-electron chi connectivity index (χ2n) is 6.34. The molecule has 1 aliphatic heterocycles. The van der Waals surface area contributed by atoms with Gasteiger partial charge in [0.05, 0.1) is 0 Å². The lowest BCUT2D eigenvalue weighted by molar-refractivity contribution is 0.153. The maximum atomic E-state index is 2.61. The zero-order chi connectivity index (χ0) is 14.7. The van der Waals surface area contributed by atoms with E-state index in [0.29, 0.717) is 0 Å². The third kappa shape index (κ3) is 3.45. The van der Waals surface area contributed by atoms with Crippen molar-refractivity contribution in [2.45, 2.75) is 19.8 Å². The Balaban J connectivity index is 1.62. The highest BCUT2D eigenvalue weighted by molar-refractivity contribution is 5.88. The molecule has 112 valence electrons. The Bertz CT molecular complexity index is 598. The van der Waals surface area contributed by atoms with E-state index in [-0.39, 0.29) is 0 Å². The smallest absolute Gasteiger partial charge is 0.0110 e. The van der Waals surface area contributed by atoms with Crippen LogP contribution < -0.4 is 0 Å². The fourth-order valence-corrected chi connectivity index (χ4v) is 3.29. The Morgan fingerprint density at radius 3 is 2.38 bits per heavy atom. The molecule has 21 heavy (non-hydrogen) atoms. The normalized spacial score (nSPS) is 17.4. The molecule has 0 bridgehead atoms. The molecular formula is C19H26N2. The van der Waals surface area contributed by atoms with E-state index in [1.807, 2.05) is 0 Å². The third-order valence-corrected chi connectivity index (χ3v) is 4.75. The van der Waals surface area contributed by atoms with Gasteiger partial charge in [-0.3, -0.25) is 0 Å². The minimum absolute atomic E-state index is 1.19. The summed E-state index contributed by atoms with van der Waals surface area (Å²) in [7, 11) is 2.22. The van der Waals surface area contributed by atoms with Crippen LogP contribution in [0.2, 0.25) is 0 Å². The molecule has 2 heteroatoms. The standard InChI is InChI=1S/C19H26N2/c1-16-9-10-17(19-8-4-3-7-18(16)19)6-5-11-21-14-12-20(2)13-15-21/h3-4,7-10H,5-6,11-15H2,1-2H3. The second-order valence-corrected chi connectivity index (χ2v) is 6.34. The second kappa shape index (κ2) is 6.59. The first-order valence-corrected chi connectivity index (χ1v) is 8.12. The van der Waals surface area contributed by atoms with Crippen LogP contribution in [0.15, 0.2) is 36.4 Å². The molecule has 1 heterocycles. The van der Waals surface area contributed by atoms with Gasteiger partial charge in [-0.05, 0) is 55.3 Å². The molecule has 2 nitrogen and oxygen atoms in total. The maximum absolute atomic E-state index is 2.61. The third-order valence-electron chi connectivity index (χ3n) is 4.75. The molecular weight excluding hydrogens is 256 g/mol. The molecule has 2 aromatic carbocycles. The lowest BCUT2D eigenvalue weighted by Crippen LogP contribution is -2.44. The van der Waals surface area contributed by atoms with E-state index in [0.717, 1.165) is 0 Å². The van der Waals surface area contributed by atoms with E-state index in [2.05, 4.69) is 60.2 Å². The van der Waals surface area contributed by atoms with Crippen molar-refractivity contribution in [2.75, 3.05) is 39.8 Å². The summed E-state index contributed by atoms with van der Waals surface area (Å²) < 4.78 is 0. The predicted molar refractivity (Wildman–Crippen MR) is 90.9 cm³/mol. The van der Waals surface area contributed by atoms with Crippen molar-refractivity contribution < 1.29 is 0 Å². The van der Waals surface area contributed by atoms with Gasteiger partial charge in [-0.1, -0.05) is 36.4 Å². The number of aryl methyl sites for hydroxylation is 2. The molecule has 0 aliphatic carbocycles. The molecule has 0 spiro atoms. The van der Waals surface area contributed by atoms with Crippen LogP contribution in [0, 0.1) is 6.92 Å². The highest BCUT2D eigenvalue weighted by Gasteiger charge is 2.13. The zero-order valence-corrected chi connectivity index (χ0v) is 13.3. The van der Waals surface area contributed by atoms with E-state index < -0.39 is 0 Å². The average molecular weight is 282 g/mol. The molecule has 1 saturated heterocycles. The van der Waals surface area contributed by atoms with E-state index in [1.54, 1.807) is 0 Å². The van der Waals surface area contributed by atoms with Crippen molar-refractivity contribution in [3.8, 4) is 0 Å². The van der Waals surface area contributed by atoms with Crippen LogP contribution in [0.5, 0.6) is 0 Å². The molecule has 0 atom stereocenters. The van der Waals surface area contributed by atoms with Gasteiger partial charge in [-0.25, -0.2) is 0 Å². The van der Waals surface area contributed by atoms with Gasteiger partial charge in [0.2, 0.25) is 0 Å². The van der Waals surface area contributed by atoms with Crippen molar-refractivity contribution in [3.05, 3.63) is 47.5 Å². The first-order chi connectivity index (χ1) is 10.2. The highest BCUT2D eigenvalue weighted by Crippen LogP contribution is 2.23. The fourth-order valence-electron chi connectivity index (χ4n) is 3.29. The summed E-state index contributed by atoms with van der Waals surface area (Å²) in [5.41, 5.74) is 2.89. The molecule has 2 aromatic rings. The number of rotatable bonds is 4. The Morgan fingerprint density at radius 2 is 1.62 bits per heavy atom. The van der Waals surface area contributed by atoms with Gasteiger partial charge in [0.25, 0.3) is 0 Å². The number of benzene rings is 2. The predicted octanol–water partition coefficient (Wildman–Crippen LogP) is 3.33. The molecule has 0 aromatic heterocycles. The fraction of sp³-hybridized carbons (Fsp3) is 0.474. The molecule has 0 unspecified atom stereocenters. The summed E-state index contributed by atoms with van der Waals surface area (Å²) in [6.07, 6.45) is 2.45. The Hall–Kier alpha value is -1.38. The van der Waals surface area contributed by atoms with Crippen molar-refractivity contribution in [3.63, 3.8) is 0 Å². The Labute approximate surface area is 128 Å². The number of fused-ring (bicyclic) bond motifs is 1. The van der Waals surface area contributed by atoms with Crippen molar-refractivity contribution in [1.29, 1.82) is 0 Å². The molecule has 0 amide bonds. The summed E-state index contributed by atoms with van der Waals surface area (Å²) in [5, 5.41) is 2.85. The van der Waals surface area contributed by atoms with E-state index >= 15 is 0 Å². The van der Waals surface area contributed by atoms with Gasteiger partial charge in [0, 0.05) is 26.2 Å². The maximum Gasteiger partial charge on any atom is 0.0110 e. The SMILES string of the molecule is Cc1ccc(CCCN2CCN(C)CC2)c2ccccc12. The average Bonchev–Trinajstić information content (AvgIpc) is 2.52. The molecule has 0 N–H and O–H groups in total. The molecule has 0 saturated carbocycles. The van der Waals surface area contributed by atoms with Crippen LogP contribution in [-0.4, -0.2) is 49.6 Å². The van der Waals surface area contributed by atoms with Crippen LogP contribution in [0.4, 0.5) is 0 Å². The minimum atomic E-state index is 1.19. The number of likely N-dealkylation sites (N-methyl/N-ethyl adjacent to an activating group) is 1. The molecule has 1 aliphatic rings. The number of hydrogen-bond donors (Lipinski definition) is 0. The van der Waals surface area contributed by atoms with Crippen LogP contribution in [0.3, 0.4) is 0 Å². The van der Waals surface area contributed by atoms with Gasteiger partial charge in [0.1, 0.15) is 0 Å². The number of nitrogens with zero attached hydrogens (tertiary/aromatic N) is 2. The quantitative estimate of drug-likeness (QED) is 0.849. The van der Waals surface area contributed by atoms with Crippen LogP contribution in [0.25, 0.3) is 10.8 Å². The topological polar surface area (TPSA) is 6.48 Å². The van der Waals surface area contributed by atoms with E-state index in [9.17, 15) is 0 Å². The summed E-state index contributed by atoms with van der Waals surface area (Å²) in [4.78, 5) is 5.03. The van der Waals surface area contributed by atoms with Gasteiger partial charge in [-0.15, -0.1) is 0 Å². The summed E-state index contributed by atoms with van der Waals surface area (Å²) in [6, 6.07) is 13.4. The van der Waals surface area contributed by atoms with E-state index in [1.165, 1.54) is 67.5 Å². The lowest BCUT2D eigenvalue weighted by Gasteiger charge is -2.32. The van der Waals surface area contributed by atoms with Crippen LogP contribution in [0.1, 0.15) is 17.5 Å². The minimum Gasteiger partial charge on any atom is -0.304 e. The summed E-state index contributed by atoms with van der Waals surface area (Å²) >= 11 is 0. The summed E-state index contributed by atoms with van der Waals surface area (Å²) in [6.45, 7) is 8.32. The zero-order valence-electron chi connectivity index (χ0n) is 13.3. The van der Waals surface area contributed by atoms with Crippen molar-refractivity contribution in [2.24, 2.45) is 0 Å². The van der Waals surface area contributed by atoms with Gasteiger partial charge >= 0.3 is 0 Å². The monoisotopic (exact) mass is 282 g/mol.